The largest absolute Gasteiger partial charge is 0.264 e. The molecule has 16 heavy (non-hydrogen) atoms. The molecule has 4 heteroatoms. The maximum absolute atomic E-state index is 13.6. The van der Waals surface area contributed by atoms with Gasteiger partial charge < -0.3 is 0 Å². The summed E-state index contributed by atoms with van der Waals surface area (Å²) in [5.41, 5.74) is 2.14. The normalized spacial score (nSPS) is 9.81. The Bertz CT molecular complexity index is 573. The SMILES string of the molecule is Cc1ccncc1-c1cc(C#N)ncc1F. The van der Waals surface area contributed by atoms with Crippen LogP contribution < -0.4 is 0 Å². The van der Waals surface area contributed by atoms with Gasteiger partial charge in [0.2, 0.25) is 0 Å². The zero-order chi connectivity index (χ0) is 11.5. The van der Waals surface area contributed by atoms with Gasteiger partial charge in [0.05, 0.1) is 6.20 Å². The van der Waals surface area contributed by atoms with Crippen molar-refractivity contribution in [2.75, 3.05) is 0 Å². The zero-order valence-electron chi connectivity index (χ0n) is 8.61. The van der Waals surface area contributed by atoms with Gasteiger partial charge in [-0.25, -0.2) is 9.37 Å². The molecule has 0 aromatic carbocycles. The molecular weight excluding hydrogens is 205 g/mol. The van der Waals surface area contributed by atoms with Crippen molar-refractivity contribution in [3.05, 3.63) is 47.8 Å². The number of rotatable bonds is 1. The molecular formula is C12H8FN3. The molecule has 78 valence electrons. The second-order valence-corrected chi connectivity index (χ2v) is 3.35. The minimum atomic E-state index is -0.449. The van der Waals surface area contributed by atoms with Gasteiger partial charge in [-0.3, -0.25) is 4.98 Å². The fourth-order valence-corrected chi connectivity index (χ4v) is 1.45. The third kappa shape index (κ3) is 1.75. The van der Waals surface area contributed by atoms with Crippen LogP contribution in [-0.4, -0.2) is 9.97 Å². The summed E-state index contributed by atoms with van der Waals surface area (Å²) >= 11 is 0. The van der Waals surface area contributed by atoms with Gasteiger partial charge in [0.25, 0.3) is 0 Å². The Morgan fingerprint density at radius 2 is 2.12 bits per heavy atom. The molecule has 0 aliphatic heterocycles. The summed E-state index contributed by atoms with van der Waals surface area (Å²) in [6.07, 6.45) is 4.28. The highest BCUT2D eigenvalue weighted by Gasteiger charge is 2.09. The van der Waals surface area contributed by atoms with E-state index in [9.17, 15) is 4.39 Å². The molecule has 0 saturated heterocycles. The van der Waals surface area contributed by atoms with Gasteiger partial charge in [-0.2, -0.15) is 5.26 Å². The van der Waals surface area contributed by atoms with E-state index in [1.165, 1.54) is 6.07 Å². The fraction of sp³-hybridized carbons (Fsp3) is 0.0833. The molecule has 2 aromatic rings. The van der Waals surface area contributed by atoms with Crippen LogP contribution in [0.25, 0.3) is 11.1 Å². The molecule has 0 saturated carbocycles. The first kappa shape index (κ1) is 10.2. The average Bonchev–Trinajstić information content (AvgIpc) is 2.31. The molecule has 2 rings (SSSR count). The van der Waals surface area contributed by atoms with Crippen LogP contribution in [0.1, 0.15) is 11.3 Å². The van der Waals surface area contributed by atoms with Crippen molar-refractivity contribution in [3.63, 3.8) is 0 Å². The Hall–Kier alpha value is -2.28. The summed E-state index contributed by atoms with van der Waals surface area (Å²) in [6.45, 7) is 1.86. The van der Waals surface area contributed by atoms with E-state index in [1.807, 2.05) is 13.0 Å². The number of aromatic nitrogens is 2. The topological polar surface area (TPSA) is 49.6 Å². The van der Waals surface area contributed by atoms with Gasteiger partial charge in [-0.05, 0) is 24.6 Å². The molecule has 3 nitrogen and oxygen atoms in total. The van der Waals surface area contributed by atoms with E-state index in [2.05, 4.69) is 9.97 Å². The lowest BCUT2D eigenvalue weighted by Crippen LogP contribution is -1.92. The van der Waals surface area contributed by atoms with Crippen LogP contribution >= 0.6 is 0 Å². The van der Waals surface area contributed by atoms with Crippen LogP contribution in [0.3, 0.4) is 0 Å². The van der Waals surface area contributed by atoms with Crippen molar-refractivity contribution in [1.82, 2.24) is 9.97 Å². The van der Waals surface area contributed by atoms with Crippen LogP contribution in [0, 0.1) is 24.1 Å². The Balaban J connectivity index is 2.65. The molecule has 0 amide bonds. The summed E-state index contributed by atoms with van der Waals surface area (Å²) in [5.74, 6) is -0.449. The van der Waals surface area contributed by atoms with Crippen molar-refractivity contribution in [3.8, 4) is 17.2 Å². The van der Waals surface area contributed by atoms with Crippen molar-refractivity contribution in [1.29, 1.82) is 5.26 Å². The summed E-state index contributed by atoms with van der Waals surface area (Å²) in [5, 5.41) is 8.72. The number of nitriles is 1. The molecule has 0 fully saturated rings. The Morgan fingerprint density at radius 3 is 2.81 bits per heavy atom. The third-order valence-corrected chi connectivity index (χ3v) is 2.30. The van der Waals surface area contributed by atoms with Crippen molar-refractivity contribution in [2.24, 2.45) is 0 Å². The lowest BCUT2D eigenvalue weighted by Gasteiger charge is -2.05. The summed E-state index contributed by atoms with van der Waals surface area (Å²) in [7, 11) is 0. The lowest BCUT2D eigenvalue weighted by molar-refractivity contribution is 0.624. The van der Waals surface area contributed by atoms with Crippen molar-refractivity contribution in [2.45, 2.75) is 6.92 Å². The van der Waals surface area contributed by atoms with E-state index in [4.69, 9.17) is 5.26 Å². The first-order chi connectivity index (χ1) is 7.72. The molecule has 0 radical (unpaired) electrons. The van der Waals surface area contributed by atoms with Crippen LogP contribution in [0.2, 0.25) is 0 Å². The van der Waals surface area contributed by atoms with Gasteiger partial charge in [-0.15, -0.1) is 0 Å². The molecule has 2 heterocycles. The maximum atomic E-state index is 13.6. The third-order valence-electron chi connectivity index (χ3n) is 2.30. The number of pyridine rings is 2. The quantitative estimate of drug-likeness (QED) is 0.731. The summed E-state index contributed by atoms with van der Waals surface area (Å²) in [4.78, 5) is 7.60. The highest BCUT2D eigenvalue weighted by molar-refractivity contribution is 5.67. The van der Waals surface area contributed by atoms with E-state index in [-0.39, 0.29) is 5.69 Å². The number of nitrogens with zero attached hydrogens (tertiary/aromatic N) is 3. The number of hydrogen-bond donors (Lipinski definition) is 0. The highest BCUT2D eigenvalue weighted by atomic mass is 19.1. The molecule has 0 aliphatic rings. The first-order valence-corrected chi connectivity index (χ1v) is 4.69. The van der Waals surface area contributed by atoms with E-state index < -0.39 is 5.82 Å². The minimum Gasteiger partial charge on any atom is -0.264 e. The highest BCUT2D eigenvalue weighted by Crippen LogP contribution is 2.24. The van der Waals surface area contributed by atoms with Crippen LogP contribution in [0.5, 0.6) is 0 Å². The number of hydrogen-bond acceptors (Lipinski definition) is 3. The molecule has 0 spiro atoms. The second-order valence-electron chi connectivity index (χ2n) is 3.35. The van der Waals surface area contributed by atoms with Crippen LogP contribution in [0.15, 0.2) is 30.7 Å². The average molecular weight is 213 g/mol. The minimum absolute atomic E-state index is 0.194. The van der Waals surface area contributed by atoms with Gasteiger partial charge in [0.15, 0.2) is 0 Å². The van der Waals surface area contributed by atoms with Crippen LogP contribution in [0.4, 0.5) is 4.39 Å². The fourth-order valence-electron chi connectivity index (χ4n) is 1.45. The van der Waals surface area contributed by atoms with Gasteiger partial charge in [0, 0.05) is 23.5 Å². The number of halogens is 1. The van der Waals surface area contributed by atoms with Crippen molar-refractivity contribution >= 4 is 0 Å². The molecule has 2 aromatic heterocycles. The van der Waals surface area contributed by atoms with E-state index in [0.29, 0.717) is 11.1 Å². The smallest absolute Gasteiger partial charge is 0.149 e. The monoisotopic (exact) mass is 213 g/mol. The zero-order valence-corrected chi connectivity index (χ0v) is 8.61. The predicted molar refractivity (Wildman–Crippen MR) is 56.9 cm³/mol. The van der Waals surface area contributed by atoms with Gasteiger partial charge >= 0.3 is 0 Å². The first-order valence-electron chi connectivity index (χ1n) is 4.69. The Morgan fingerprint density at radius 1 is 1.31 bits per heavy atom. The summed E-state index contributed by atoms with van der Waals surface area (Å²) in [6, 6.07) is 5.11. The van der Waals surface area contributed by atoms with E-state index >= 15 is 0 Å². The maximum Gasteiger partial charge on any atom is 0.149 e. The molecule has 0 unspecified atom stereocenters. The summed E-state index contributed by atoms with van der Waals surface area (Å²) < 4.78 is 13.6. The predicted octanol–water partition coefficient (Wildman–Crippen LogP) is 2.46. The van der Waals surface area contributed by atoms with E-state index in [1.54, 1.807) is 18.5 Å². The second kappa shape index (κ2) is 4.07. The molecule has 0 N–H and O–H groups in total. The molecule has 0 atom stereocenters. The van der Waals surface area contributed by atoms with Gasteiger partial charge in [-0.1, -0.05) is 0 Å². The van der Waals surface area contributed by atoms with E-state index in [0.717, 1.165) is 11.8 Å². The standard InChI is InChI=1S/C12H8FN3/c1-8-2-3-15-6-11(8)10-4-9(5-14)16-7-12(10)13/h2-4,6-7H,1H3. The van der Waals surface area contributed by atoms with Crippen molar-refractivity contribution < 1.29 is 4.39 Å². The molecule has 0 aliphatic carbocycles. The lowest BCUT2D eigenvalue weighted by atomic mass is 10.0. The Labute approximate surface area is 92.2 Å². The molecule has 0 bridgehead atoms. The Kier molecular flexibility index (Phi) is 2.61. The van der Waals surface area contributed by atoms with Crippen LogP contribution in [-0.2, 0) is 0 Å². The number of aryl methyl sites for hydroxylation is 1. The van der Waals surface area contributed by atoms with Gasteiger partial charge in [0.1, 0.15) is 17.6 Å².